The standard InChI is InChI=1S/C28H34O4/c1-17-13-23-20(14-25(17)31-16-19-7-5-4-6-8-19)9-10-22-21(23)11-12-28(3)24(22)15-26(27(28)30)32-18(2)29/h4-8,13-14,21-22,24,26-27,30H,9-12,15-16H2,1-3H3/t21?,22?,24?,26-,27+,28+/m1/s1. The summed E-state index contributed by atoms with van der Waals surface area (Å²) in [5.41, 5.74) is 5.10. The van der Waals surface area contributed by atoms with Crippen LogP contribution in [0.3, 0.4) is 0 Å². The minimum atomic E-state index is -0.561. The van der Waals surface area contributed by atoms with Crippen molar-refractivity contribution in [1.82, 2.24) is 0 Å². The average molecular weight is 435 g/mol. The normalized spacial score (nSPS) is 33.1. The molecular weight excluding hydrogens is 400 g/mol. The maximum Gasteiger partial charge on any atom is 0.302 e. The number of hydrogen-bond donors (Lipinski definition) is 1. The number of ether oxygens (including phenoxy) is 2. The number of hydrogen-bond acceptors (Lipinski definition) is 4. The van der Waals surface area contributed by atoms with Crippen molar-refractivity contribution in [2.45, 2.75) is 77.6 Å². The van der Waals surface area contributed by atoms with E-state index in [9.17, 15) is 9.90 Å². The lowest BCUT2D eigenvalue weighted by molar-refractivity contribution is -0.153. The number of rotatable bonds is 4. The van der Waals surface area contributed by atoms with Crippen LogP contribution in [0.25, 0.3) is 0 Å². The van der Waals surface area contributed by atoms with Gasteiger partial charge in [0, 0.05) is 12.3 Å². The van der Waals surface area contributed by atoms with Crippen LogP contribution in [0.15, 0.2) is 42.5 Å². The highest BCUT2D eigenvalue weighted by molar-refractivity contribution is 5.66. The molecule has 3 unspecified atom stereocenters. The Morgan fingerprint density at radius 3 is 2.72 bits per heavy atom. The number of carbonyl (C=O) groups excluding carboxylic acids is 1. The predicted octanol–water partition coefficient (Wildman–Crippen LogP) is 5.33. The Balaban J connectivity index is 1.37. The third-order valence-corrected chi connectivity index (χ3v) is 8.53. The minimum Gasteiger partial charge on any atom is -0.489 e. The molecule has 4 nitrogen and oxygen atoms in total. The Bertz CT molecular complexity index is 1000. The monoisotopic (exact) mass is 434 g/mol. The van der Waals surface area contributed by atoms with Gasteiger partial charge in [-0.1, -0.05) is 43.3 Å². The third-order valence-electron chi connectivity index (χ3n) is 8.53. The second-order valence-corrected chi connectivity index (χ2v) is 10.4. The van der Waals surface area contributed by atoms with Crippen LogP contribution in [0.2, 0.25) is 0 Å². The van der Waals surface area contributed by atoms with Crippen molar-refractivity contribution in [3.63, 3.8) is 0 Å². The molecule has 32 heavy (non-hydrogen) atoms. The molecule has 2 aromatic rings. The SMILES string of the molecule is CC(=O)O[C@@H]1CC2C3CCc4cc(OCc5ccccc5)c(C)cc4C3CC[C@]2(C)[C@H]1O. The van der Waals surface area contributed by atoms with Gasteiger partial charge < -0.3 is 14.6 Å². The highest BCUT2D eigenvalue weighted by Gasteiger charge is 2.59. The lowest BCUT2D eigenvalue weighted by Gasteiger charge is -2.49. The molecule has 1 N–H and O–H groups in total. The van der Waals surface area contributed by atoms with Crippen molar-refractivity contribution in [2.24, 2.45) is 17.3 Å². The Morgan fingerprint density at radius 2 is 1.97 bits per heavy atom. The largest absolute Gasteiger partial charge is 0.489 e. The molecule has 0 aliphatic heterocycles. The number of fused-ring (bicyclic) bond motifs is 5. The average Bonchev–Trinajstić information content (AvgIpc) is 3.03. The van der Waals surface area contributed by atoms with E-state index in [0.29, 0.717) is 24.4 Å². The fourth-order valence-electron chi connectivity index (χ4n) is 6.89. The number of aliphatic hydroxyl groups is 1. The van der Waals surface area contributed by atoms with Gasteiger partial charge in [0.2, 0.25) is 0 Å². The smallest absolute Gasteiger partial charge is 0.302 e. The minimum absolute atomic E-state index is 0.160. The fourth-order valence-corrected chi connectivity index (χ4v) is 6.89. The summed E-state index contributed by atoms with van der Waals surface area (Å²) >= 11 is 0. The zero-order chi connectivity index (χ0) is 22.5. The second-order valence-electron chi connectivity index (χ2n) is 10.4. The van der Waals surface area contributed by atoms with Gasteiger partial charge in [-0.2, -0.15) is 0 Å². The van der Waals surface area contributed by atoms with E-state index in [1.54, 1.807) is 0 Å². The van der Waals surface area contributed by atoms with Gasteiger partial charge in [-0.25, -0.2) is 0 Å². The summed E-state index contributed by atoms with van der Waals surface area (Å²) in [6.07, 6.45) is 4.08. The quantitative estimate of drug-likeness (QED) is 0.661. The Labute approximate surface area is 190 Å². The van der Waals surface area contributed by atoms with Crippen LogP contribution < -0.4 is 4.74 Å². The summed E-state index contributed by atoms with van der Waals surface area (Å²) in [5.74, 6) is 2.13. The second kappa shape index (κ2) is 8.22. The lowest BCUT2D eigenvalue weighted by Crippen LogP contribution is -2.45. The number of aryl methyl sites for hydroxylation is 2. The Hall–Kier alpha value is -2.33. The van der Waals surface area contributed by atoms with Gasteiger partial charge in [0.1, 0.15) is 18.5 Å². The van der Waals surface area contributed by atoms with E-state index in [0.717, 1.165) is 37.9 Å². The molecule has 170 valence electrons. The third kappa shape index (κ3) is 3.63. The van der Waals surface area contributed by atoms with Crippen LogP contribution >= 0.6 is 0 Å². The molecule has 0 aromatic heterocycles. The maximum absolute atomic E-state index is 11.6. The van der Waals surface area contributed by atoms with E-state index in [1.807, 2.05) is 18.2 Å². The molecule has 0 radical (unpaired) electrons. The van der Waals surface area contributed by atoms with E-state index in [1.165, 1.54) is 29.2 Å². The predicted molar refractivity (Wildman–Crippen MR) is 124 cm³/mol. The van der Waals surface area contributed by atoms with Crippen molar-refractivity contribution < 1.29 is 19.4 Å². The number of esters is 1. The summed E-state index contributed by atoms with van der Waals surface area (Å²) in [5, 5.41) is 11.0. The Kier molecular flexibility index (Phi) is 5.53. The molecule has 0 amide bonds. The molecular formula is C28H34O4. The molecule has 2 fully saturated rings. The van der Waals surface area contributed by atoms with Crippen LogP contribution in [-0.4, -0.2) is 23.3 Å². The van der Waals surface area contributed by atoms with Crippen LogP contribution in [0, 0.1) is 24.2 Å². The van der Waals surface area contributed by atoms with Crippen LogP contribution in [0.4, 0.5) is 0 Å². The molecule has 2 aromatic carbocycles. The van der Waals surface area contributed by atoms with Gasteiger partial charge in [0.15, 0.2) is 0 Å². The zero-order valence-electron chi connectivity index (χ0n) is 19.3. The summed E-state index contributed by atoms with van der Waals surface area (Å²) in [6.45, 7) is 6.38. The molecule has 4 heteroatoms. The van der Waals surface area contributed by atoms with Crippen molar-refractivity contribution in [3.8, 4) is 5.75 Å². The molecule has 2 saturated carbocycles. The Morgan fingerprint density at radius 1 is 1.19 bits per heavy atom. The number of benzene rings is 2. The summed E-state index contributed by atoms with van der Waals surface area (Å²) in [4.78, 5) is 11.6. The van der Waals surface area contributed by atoms with Crippen molar-refractivity contribution in [2.75, 3.05) is 0 Å². The number of carbonyl (C=O) groups is 1. The molecule has 0 bridgehead atoms. The van der Waals surface area contributed by atoms with Gasteiger partial charge in [-0.3, -0.25) is 4.79 Å². The first kappa shape index (κ1) is 21.5. The van der Waals surface area contributed by atoms with Crippen molar-refractivity contribution >= 4 is 5.97 Å². The summed E-state index contributed by atoms with van der Waals surface area (Å²) in [6, 6.07) is 14.9. The first-order valence-electron chi connectivity index (χ1n) is 12.0. The van der Waals surface area contributed by atoms with Crippen LogP contribution in [-0.2, 0) is 22.6 Å². The van der Waals surface area contributed by atoms with Gasteiger partial charge in [0.25, 0.3) is 0 Å². The zero-order valence-corrected chi connectivity index (χ0v) is 19.3. The van der Waals surface area contributed by atoms with Crippen LogP contribution in [0.5, 0.6) is 5.75 Å². The molecule has 0 spiro atoms. The summed E-state index contributed by atoms with van der Waals surface area (Å²) < 4.78 is 11.7. The van der Waals surface area contributed by atoms with Crippen molar-refractivity contribution in [1.29, 1.82) is 0 Å². The van der Waals surface area contributed by atoms with Gasteiger partial charge in [-0.15, -0.1) is 0 Å². The molecule has 3 aliphatic rings. The van der Waals surface area contributed by atoms with Crippen LogP contribution in [0.1, 0.15) is 67.7 Å². The highest BCUT2D eigenvalue weighted by Crippen LogP contribution is 2.61. The fraction of sp³-hybridized carbons (Fsp3) is 0.536. The molecule has 0 heterocycles. The highest BCUT2D eigenvalue weighted by atomic mass is 16.6. The van der Waals surface area contributed by atoms with E-state index in [-0.39, 0.29) is 17.5 Å². The molecule has 3 aliphatic carbocycles. The summed E-state index contributed by atoms with van der Waals surface area (Å²) in [7, 11) is 0. The van der Waals surface area contributed by atoms with E-state index < -0.39 is 6.10 Å². The topological polar surface area (TPSA) is 55.8 Å². The first-order valence-corrected chi connectivity index (χ1v) is 12.0. The molecule has 6 atom stereocenters. The molecule has 0 saturated heterocycles. The van der Waals surface area contributed by atoms with E-state index in [2.05, 4.69) is 38.1 Å². The van der Waals surface area contributed by atoms with Crippen molar-refractivity contribution in [3.05, 3.63) is 64.7 Å². The lowest BCUT2D eigenvalue weighted by atomic mass is 9.55. The molecule has 5 rings (SSSR count). The maximum atomic E-state index is 11.6. The number of aliphatic hydroxyl groups excluding tert-OH is 1. The van der Waals surface area contributed by atoms with Gasteiger partial charge in [-0.05, 0) is 85.1 Å². The van der Waals surface area contributed by atoms with Gasteiger partial charge in [0.05, 0.1) is 6.10 Å². The first-order chi connectivity index (χ1) is 15.4. The van der Waals surface area contributed by atoms with Gasteiger partial charge >= 0.3 is 5.97 Å². The van der Waals surface area contributed by atoms with E-state index in [4.69, 9.17) is 9.47 Å². The van der Waals surface area contributed by atoms with E-state index >= 15 is 0 Å².